The standard InChI is InChI=1S/C17H16F6O2/c1-2-15(24-10-16(18,19)20,25-11-17(21,22)23)14-8-7-12-5-3-4-6-13(12)9-14/h3-9H,2,10-11H2,1H3. The lowest BCUT2D eigenvalue weighted by Gasteiger charge is -2.34. The van der Waals surface area contributed by atoms with E-state index in [9.17, 15) is 26.3 Å². The number of ether oxygens (including phenoxy) is 2. The summed E-state index contributed by atoms with van der Waals surface area (Å²) < 4.78 is 85.0. The first-order valence-electron chi connectivity index (χ1n) is 7.45. The number of alkyl halides is 6. The summed E-state index contributed by atoms with van der Waals surface area (Å²) in [5.74, 6) is -2.14. The molecule has 25 heavy (non-hydrogen) atoms. The smallest absolute Gasteiger partial charge is 0.336 e. The third-order valence-electron chi connectivity index (χ3n) is 3.59. The summed E-state index contributed by atoms with van der Waals surface area (Å²) >= 11 is 0. The van der Waals surface area contributed by atoms with Crippen LogP contribution in [0.2, 0.25) is 0 Å². The fraction of sp³-hybridized carbons (Fsp3) is 0.412. The highest BCUT2D eigenvalue weighted by Gasteiger charge is 2.41. The molecule has 0 saturated heterocycles. The highest BCUT2D eigenvalue weighted by atomic mass is 19.4. The van der Waals surface area contributed by atoms with Gasteiger partial charge in [-0.05, 0) is 16.8 Å². The summed E-state index contributed by atoms with van der Waals surface area (Å²) in [7, 11) is 0. The van der Waals surface area contributed by atoms with E-state index in [0.717, 1.165) is 5.39 Å². The average Bonchev–Trinajstić information content (AvgIpc) is 2.53. The fourth-order valence-corrected chi connectivity index (χ4v) is 2.44. The normalized spacial score (nSPS) is 13.4. The largest absolute Gasteiger partial charge is 0.411 e. The Morgan fingerprint density at radius 3 is 1.76 bits per heavy atom. The Morgan fingerprint density at radius 1 is 0.760 bits per heavy atom. The minimum Gasteiger partial charge on any atom is -0.336 e. The topological polar surface area (TPSA) is 18.5 Å². The van der Waals surface area contributed by atoms with Crippen LogP contribution in [-0.4, -0.2) is 25.6 Å². The van der Waals surface area contributed by atoms with Crippen molar-refractivity contribution in [2.24, 2.45) is 0 Å². The molecular weight excluding hydrogens is 350 g/mol. The van der Waals surface area contributed by atoms with E-state index in [4.69, 9.17) is 9.47 Å². The summed E-state index contributed by atoms with van der Waals surface area (Å²) in [5.41, 5.74) is 0.0993. The number of fused-ring (bicyclic) bond motifs is 1. The van der Waals surface area contributed by atoms with E-state index in [2.05, 4.69) is 0 Å². The van der Waals surface area contributed by atoms with Crippen molar-refractivity contribution in [1.29, 1.82) is 0 Å². The molecule has 0 N–H and O–H groups in total. The third kappa shape index (κ3) is 5.34. The molecule has 0 heterocycles. The predicted octanol–water partition coefficient (Wildman–Crippen LogP) is 5.56. The summed E-state index contributed by atoms with van der Waals surface area (Å²) in [6.45, 7) is -2.03. The maximum absolute atomic E-state index is 12.6. The van der Waals surface area contributed by atoms with Crippen LogP contribution >= 0.6 is 0 Å². The van der Waals surface area contributed by atoms with Gasteiger partial charge in [0.05, 0.1) is 0 Å². The first-order chi connectivity index (χ1) is 11.5. The van der Waals surface area contributed by atoms with Crippen LogP contribution < -0.4 is 0 Å². The molecule has 0 radical (unpaired) electrons. The first-order valence-corrected chi connectivity index (χ1v) is 7.45. The summed E-state index contributed by atoms with van der Waals surface area (Å²) in [4.78, 5) is 0. The first kappa shape index (κ1) is 19.5. The van der Waals surface area contributed by atoms with Gasteiger partial charge >= 0.3 is 12.4 Å². The van der Waals surface area contributed by atoms with Gasteiger partial charge in [0.2, 0.25) is 0 Å². The van der Waals surface area contributed by atoms with Gasteiger partial charge in [0, 0.05) is 12.0 Å². The summed E-state index contributed by atoms with van der Waals surface area (Å²) in [6.07, 6.45) is -9.62. The number of hydrogen-bond acceptors (Lipinski definition) is 2. The molecule has 0 amide bonds. The molecule has 0 bridgehead atoms. The van der Waals surface area contributed by atoms with Gasteiger partial charge in [0.15, 0.2) is 5.79 Å². The van der Waals surface area contributed by atoms with E-state index in [1.807, 2.05) is 0 Å². The molecule has 0 saturated carbocycles. The van der Waals surface area contributed by atoms with Crippen molar-refractivity contribution >= 4 is 10.8 Å². The van der Waals surface area contributed by atoms with Crippen LogP contribution in [0.4, 0.5) is 26.3 Å². The van der Waals surface area contributed by atoms with Crippen LogP contribution in [-0.2, 0) is 15.3 Å². The van der Waals surface area contributed by atoms with Gasteiger partial charge in [0.1, 0.15) is 13.2 Å². The van der Waals surface area contributed by atoms with Crippen molar-refractivity contribution in [3.8, 4) is 0 Å². The van der Waals surface area contributed by atoms with Crippen molar-refractivity contribution in [2.45, 2.75) is 31.5 Å². The second kappa shape index (κ2) is 7.21. The maximum atomic E-state index is 12.6. The Labute approximate surface area is 140 Å². The van der Waals surface area contributed by atoms with Gasteiger partial charge < -0.3 is 9.47 Å². The van der Waals surface area contributed by atoms with E-state index < -0.39 is 31.4 Å². The third-order valence-corrected chi connectivity index (χ3v) is 3.59. The van der Waals surface area contributed by atoms with E-state index in [-0.39, 0.29) is 12.0 Å². The Hall–Kier alpha value is -1.80. The number of hydrogen-bond donors (Lipinski definition) is 0. The van der Waals surface area contributed by atoms with Crippen LogP contribution in [0.3, 0.4) is 0 Å². The lowest BCUT2D eigenvalue weighted by atomic mass is 9.99. The molecule has 138 valence electrons. The van der Waals surface area contributed by atoms with Crippen LogP contribution in [0, 0.1) is 0 Å². The maximum Gasteiger partial charge on any atom is 0.411 e. The number of rotatable bonds is 6. The van der Waals surface area contributed by atoms with Crippen molar-refractivity contribution in [3.05, 3.63) is 48.0 Å². The van der Waals surface area contributed by atoms with Crippen molar-refractivity contribution in [1.82, 2.24) is 0 Å². The molecule has 0 aliphatic heterocycles. The molecule has 0 aliphatic carbocycles. The van der Waals surface area contributed by atoms with Gasteiger partial charge in [-0.2, -0.15) is 26.3 Å². The average molecular weight is 366 g/mol. The zero-order chi connectivity index (χ0) is 18.7. The van der Waals surface area contributed by atoms with Crippen LogP contribution in [0.25, 0.3) is 10.8 Å². The Morgan fingerprint density at radius 2 is 1.28 bits per heavy atom. The van der Waals surface area contributed by atoms with Gasteiger partial charge in [-0.15, -0.1) is 0 Å². The van der Waals surface area contributed by atoms with Crippen LogP contribution in [0.5, 0.6) is 0 Å². The molecule has 0 spiro atoms. The van der Waals surface area contributed by atoms with Gasteiger partial charge in [0.25, 0.3) is 0 Å². The van der Waals surface area contributed by atoms with Crippen LogP contribution in [0.1, 0.15) is 18.9 Å². The highest BCUT2D eigenvalue weighted by Crippen LogP contribution is 2.36. The highest BCUT2D eigenvalue weighted by molar-refractivity contribution is 5.83. The van der Waals surface area contributed by atoms with Gasteiger partial charge in [-0.3, -0.25) is 0 Å². The Bertz CT molecular complexity index is 690. The number of benzene rings is 2. The molecule has 0 aromatic heterocycles. The predicted molar refractivity (Wildman–Crippen MR) is 79.9 cm³/mol. The minimum absolute atomic E-state index is 0.0993. The molecule has 2 aromatic carbocycles. The van der Waals surface area contributed by atoms with E-state index >= 15 is 0 Å². The van der Waals surface area contributed by atoms with Crippen molar-refractivity contribution < 1.29 is 35.8 Å². The monoisotopic (exact) mass is 366 g/mol. The molecule has 0 atom stereocenters. The fourth-order valence-electron chi connectivity index (χ4n) is 2.44. The minimum atomic E-state index is -4.70. The van der Waals surface area contributed by atoms with E-state index in [1.165, 1.54) is 19.1 Å². The SMILES string of the molecule is CCC(OCC(F)(F)F)(OCC(F)(F)F)c1ccc2ccccc2c1. The Kier molecular flexibility index (Phi) is 5.63. The van der Waals surface area contributed by atoms with Crippen molar-refractivity contribution in [3.63, 3.8) is 0 Å². The van der Waals surface area contributed by atoms with Gasteiger partial charge in [-0.1, -0.05) is 43.3 Å². The second-order valence-electron chi connectivity index (χ2n) is 5.48. The molecule has 0 unspecified atom stereocenters. The van der Waals surface area contributed by atoms with E-state index in [0.29, 0.717) is 5.39 Å². The molecule has 8 heteroatoms. The quantitative estimate of drug-likeness (QED) is 0.492. The summed E-state index contributed by atoms with van der Waals surface area (Å²) in [5, 5.41) is 1.45. The zero-order valence-corrected chi connectivity index (χ0v) is 13.2. The molecule has 2 aromatic rings. The lowest BCUT2D eigenvalue weighted by Crippen LogP contribution is -2.39. The summed E-state index contributed by atoms with van der Waals surface area (Å²) in [6, 6.07) is 11.5. The Balaban J connectivity index is 2.42. The van der Waals surface area contributed by atoms with E-state index in [1.54, 1.807) is 30.3 Å². The number of halogens is 6. The second-order valence-corrected chi connectivity index (χ2v) is 5.48. The van der Waals surface area contributed by atoms with Crippen molar-refractivity contribution in [2.75, 3.05) is 13.2 Å². The zero-order valence-electron chi connectivity index (χ0n) is 13.2. The molecule has 2 nitrogen and oxygen atoms in total. The van der Waals surface area contributed by atoms with Gasteiger partial charge in [-0.25, -0.2) is 0 Å². The molecular formula is C17H16F6O2. The molecule has 0 aliphatic rings. The molecule has 0 fully saturated rings. The lowest BCUT2D eigenvalue weighted by molar-refractivity contribution is -0.318. The van der Waals surface area contributed by atoms with Crippen LogP contribution in [0.15, 0.2) is 42.5 Å². The molecule has 2 rings (SSSR count).